The lowest BCUT2D eigenvalue weighted by Gasteiger charge is -2.10. The Bertz CT molecular complexity index is 1480. The zero-order valence-corrected chi connectivity index (χ0v) is 18.7. The van der Waals surface area contributed by atoms with Gasteiger partial charge in [0.05, 0.1) is 28.8 Å². The molecule has 0 atom stereocenters. The molecule has 0 fully saturated rings. The maximum atomic E-state index is 13.0. The van der Waals surface area contributed by atoms with Crippen molar-refractivity contribution in [3.8, 4) is 11.5 Å². The molecule has 0 saturated heterocycles. The van der Waals surface area contributed by atoms with Crippen molar-refractivity contribution in [3.05, 3.63) is 99.3 Å². The Morgan fingerprint density at radius 2 is 1.55 bits per heavy atom. The highest BCUT2D eigenvalue weighted by Gasteiger charge is 2.11. The van der Waals surface area contributed by atoms with Crippen LogP contribution in [0, 0.1) is 0 Å². The van der Waals surface area contributed by atoms with Crippen LogP contribution in [0.4, 0.5) is 0 Å². The summed E-state index contributed by atoms with van der Waals surface area (Å²) in [4.78, 5) is 18.3. The molecular weight excluding hydrogens is 436 g/mol. The molecular formula is C26H22N2O4S. The summed E-state index contributed by atoms with van der Waals surface area (Å²) >= 11 is 1.38. The Labute approximate surface area is 194 Å². The van der Waals surface area contributed by atoms with Gasteiger partial charge in [-0.2, -0.15) is 0 Å². The molecule has 0 bridgehead atoms. The van der Waals surface area contributed by atoms with Gasteiger partial charge < -0.3 is 14.2 Å². The first-order valence-corrected chi connectivity index (χ1v) is 11.5. The average molecular weight is 459 g/mol. The van der Waals surface area contributed by atoms with E-state index in [1.807, 2.05) is 84.9 Å². The third-order valence-corrected chi connectivity index (χ3v) is 6.04. The molecule has 5 rings (SSSR count). The van der Waals surface area contributed by atoms with E-state index in [4.69, 9.17) is 14.2 Å². The summed E-state index contributed by atoms with van der Waals surface area (Å²) in [6.07, 6.45) is 1.86. The molecule has 2 aromatic heterocycles. The third-order valence-electron chi connectivity index (χ3n) is 5.08. The topological polar surface area (TPSA) is 62.1 Å². The van der Waals surface area contributed by atoms with Crippen molar-refractivity contribution in [3.63, 3.8) is 0 Å². The van der Waals surface area contributed by atoms with Crippen LogP contribution in [0.15, 0.2) is 83.7 Å². The smallest absolute Gasteiger partial charge is 0.274 e. The number of hydrogen-bond acceptors (Lipinski definition) is 6. The zero-order valence-electron chi connectivity index (χ0n) is 17.8. The molecule has 0 aliphatic carbocycles. The number of thiazole rings is 1. The molecule has 0 aliphatic rings. The van der Waals surface area contributed by atoms with Gasteiger partial charge in [-0.05, 0) is 36.4 Å². The minimum Gasteiger partial charge on any atom is -0.491 e. The van der Waals surface area contributed by atoms with Crippen LogP contribution in [0.25, 0.3) is 22.1 Å². The van der Waals surface area contributed by atoms with Crippen LogP contribution < -0.4 is 19.6 Å². The van der Waals surface area contributed by atoms with Crippen LogP contribution >= 0.6 is 11.3 Å². The molecule has 0 aliphatic heterocycles. The quantitative estimate of drug-likeness (QED) is 0.313. The summed E-state index contributed by atoms with van der Waals surface area (Å²) in [7, 11) is 0. The monoisotopic (exact) mass is 458 g/mol. The maximum Gasteiger partial charge on any atom is 0.274 e. The third kappa shape index (κ3) is 4.74. The van der Waals surface area contributed by atoms with Gasteiger partial charge in [0.15, 0.2) is 4.96 Å². The second-order valence-electron chi connectivity index (χ2n) is 7.29. The number of rotatable bonds is 9. The molecule has 0 unspecified atom stereocenters. The number of ether oxygens (including phenoxy) is 3. The number of nitrogens with zero attached hydrogens (tertiary/aromatic N) is 2. The Morgan fingerprint density at radius 1 is 0.818 bits per heavy atom. The number of para-hydroxylation sites is 4. The standard InChI is InChI=1S/C26H22N2O4S/c29-25-24(33-26-27-21-11-5-6-12-22(21)28(25)26)18-19-8-4-7-13-23(19)32-17-15-30-14-16-31-20-9-2-1-3-10-20/h1-13,18H,14-17H2/b24-18-. The molecule has 6 nitrogen and oxygen atoms in total. The highest BCUT2D eigenvalue weighted by atomic mass is 32.1. The summed E-state index contributed by atoms with van der Waals surface area (Å²) < 4.78 is 19.4. The fourth-order valence-corrected chi connectivity index (χ4v) is 4.51. The van der Waals surface area contributed by atoms with Crippen molar-refractivity contribution < 1.29 is 14.2 Å². The van der Waals surface area contributed by atoms with Gasteiger partial charge in [-0.1, -0.05) is 59.9 Å². The Morgan fingerprint density at radius 3 is 2.42 bits per heavy atom. The summed E-state index contributed by atoms with van der Waals surface area (Å²) in [6.45, 7) is 1.81. The molecule has 7 heteroatoms. The van der Waals surface area contributed by atoms with Gasteiger partial charge in [-0.25, -0.2) is 9.38 Å². The molecule has 0 radical (unpaired) electrons. The Hall–Kier alpha value is -3.68. The molecule has 2 heterocycles. The lowest BCUT2D eigenvalue weighted by molar-refractivity contribution is 0.0764. The molecule has 0 N–H and O–H groups in total. The maximum absolute atomic E-state index is 13.0. The van der Waals surface area contributed by atoms with E-state index >= 15 is 0 Å². The molecule has 0 amide bonds. The van der Waals surface area contributed by atoms with Crippen LogP contribution in [0.1, 0.15) is 5.56 Å². The van der Waals surface area contributed by atoms with Crippen LogP contribution in [-0.4, -0.2) is 35.8 Å². The summed E-state index contributed by atoms with van der Waals surface area (Å²) in [5.74, 6) is 1.53. The molecule has 0 saturated carbocycles. The number of hydrogen-bond donors (Lipinski definition) is 0. The molecule has 3 aromatic carbocycles. The van der Waals surface area contributed by atoms with Gasteiger partial charge >= 0.3 is 0 Å². The van der Waals surface area contributed by atoms with E-state index in [-0.39, 0.29) is 5.56 Å². The summed E-state index contributed by atoms with van der Waals surface area (Å²) in [6, 6.07) is 25.0. The predicted octanol–water partition coefficient (Wildman–Crippen LogP) is 3.93. The number of aromatic nitrogens is 2. The van der Waals surface area contributed by atoms with E-state index < -0.39 is 0 Å². The first-order chi connectivity index (χ1) is 16.3. The van der Waals surface area contributed by atoms with Gasteiger partial charge in [-0.3, -0.25) is 4.79 Å². The van der Waals surface area contributed by atoms with Crippen LogP contribution in [0.2, 0.25) is 0 Å². The predicted molar refractivity (Wildman–Crippen MR) is 130 cm³/mol. The van der Waals surface area contributed by atoms with Gasteiger partial charge in [0.25, 0.3) is 5.56 Å². The van der Waals surface area contributed by atoms with Crippen molar-refractivity contribution in [2.24, 2.45) is 0 Å². The van der Waals surface area contributed by atoms with E-state index in [0.717, 1.165) is 22.3 Å². The van der Waals surface area contributed by atoms with E-state index in [9.17, 15) is 4.79 Å². The highest BCUT2D eigenvalue weighted by molar-refractivity contribution is 7.15. The lowest BCUT2D eigenvalue weighted by Crippen LogP contribution is -2.22. The van der Waals surface area contributed by atoms with E-state index in [2.05, 4.69) is 4.98 Å². The molecule has 5 aromatic rings. The van der Waals surface area contributed by atoms with Crippen molar-refractivity contribution in [1.82, 2.24) is 9.38 Å². The van der Waals surface area contributed by atoms with Crippen LogP contribution in [0.3, 0.4) is 0 Å². The first-order valence-electron chi connectivity index (χ1n) is 10.7. The van der Waals surface area contributed by atoms with Gasteiger partial charge in [0.2, 0.25) is 0 Å². The van der Waals surface area contributed by atoms with Crippen molar-refractivity contribution >= 4 is 33.4 Å². The number of fused-ring (bicyclic) bond motifs is 3. The lowest BCUT2D eigenvalue weighted by atomic mass is 10.2. The Balaban J connectivity index is 1.23. The minimum atomic E-state index is -0.0692. The first kappa shape index (κ1) is 21.2. The van der Waals surface area contributed by atoms with Crippen molar-refractivity contribution in [1.29, 1.82) is 0 Å². The van der Waals surface area contributed by atoms with Crippen LogP contribution in [0.5, 0.6) is 11.5 Å². The van der Waals surface area contributed by atoms with Gasteiger partial charge in [0.1, 0.15) is 24.7 Å². The summed E-state index contributed by atoms with van der Waals surface area (Å²) in [5, 5.41) is 0. The normalized spacial score (nSPS) is 11.9. The fourth-order valence-electron chi connectivity index (χ4n) is 3.53. The highest BCUT2D eigenvalue weighted by Crippen LogP contribution is 2.20. The van der Waals surface area contributed by atoms with Gasteiger partial charge in [0, 0.05) is 5.56 Å². The van der Waals surface area contributed by atoms with E-state index in [1.54, 1.807) is 4.40 Å². The second kappa shape index (κ2) is 9.85. The Kier molecular flexibility index (Phi) is 6.32. The molecule has 166 valence electrons. The van der Waals surface area contributed by atoms with E-state index in [1.165, 1.54) is 11.3 Å². The van der Waals surface area contributed by atoms with Crippen molar-refractivity contribution in [2.45, 2.75) is 0 Å². The van der Waals surface area contributed by atoms with Crippen LogP contribution in [-0.2, 0) is 4.74 Å². The fraction of sp³-hybridized carbons (Fsp3) is 0.154. The number of benzene rings is 3. The van der Waals surface area contributed by atoms with Crippen molar-refractivity contribution in [2.75, 3.05) is 26.4 Å². The van der Waals surface area contributed by atoms with E-state index in [0.29, 0.717) is 41.7 Å². The minimum absolute atomic E-state index is 0.0692. The van der Waals surface area contributed by atoms with Gasteiger partial charge in [-0.15, -0.1) is 0 Å². The average Bonchev–Trinajstić information content (AvgIpc) is 3.36. The molecule has 33 heavy (non-hydrogen) atoms. The largest absolute Gasteiger partial charge is 0.491 e. The SMILES string of the molecule is O=c1/c(=C/c2ccccc2OCCOCCOc2ccccc2)sc2nc3ccccc3n12. The second-order valence-corrected chi connectivity index (χ2v) is 8.30. The molecule has 0 spiro atoms. The number of imidazole rings is 1. The summed E-state index contributed by atoms with van der Waals surface area (Å²) in [5.41, 5.74) is 2.42. The zero-order chi connectivity index (χ0) is 22.5.